The van der Waals surface area contributed by atoms with Crippen molar-refractivity contribution in [1.29, 1.82) is 0 Å². The van der Waals surface area contributed by atoms with E-state index in [1.807, 2.05) is 4.90 Å². The minimum atomic E-state index is -0.259. The van der Waals surface area contributed by atoms with E-state index in [0.717, 1.165) is 31.1 Å². The number of piperidine rings is 1. The molecule has 1 aromatic rings. The van der Waals surface area contributed by atoms with Crippen molar-refractivity contribution >= 4 is 5.91 Å². The summed E-state index contributed by atoms with van der Waals surface area (Å²) in [5.74, 6) is 1.17. The third kappa shape index (κ3) is 2.76. The Labute approximate surface area is 130 Å². The van der Waals surface area contributed by atoms with Gasteiger partial charge in [0.25, 0.3) is 0 Å². The highest BCUT2D eigenvalue weighted by atomic mass is 19.1. The quantitative estimate of drug-likeness (QED) is 0.837. The lowest BCUT2D eigenvalue weighted by molar-refractivity contribution is -0.132. The van der Waals surface area contributed by atoms with Crippen molar-refractivity contribution in [2.45, 2.75) is 44.2 Å². The highest BCUT2D eigenvalue weighted by molar-refractivity contribution is 5.79. The van der Waals surface area contributed by atoms with Crippen LogP contribution in [0.1, 0.15) is 31.2 Å². The monoisotopic (exact) mass is 303 g/mol. The first-order valence-electron chi connectivity index (χ1n) is 8.36. The molecule has 118 valence electrons. The molecule has 0 aromatic heterocycles. The molecule has 3 atom stereocenters. The zero-order valence-electron chi connectivity index (χ0n) is 12.7. The van der Waals surface area contributed by atoms with Gasteiger partial charge in [0.05, 0.1) is 18.6 Å². The Kier molecular flexibility index (Phi) is 3.65. The summed E-state index contributed by atoms with van der Waals surface area (Å²) in [6.07, 6.45) is 5.46. The SMILES string of the molecule is O=C(Cc1ccc(F)cc1)N1C[C@H]2CC[C@H]1[C@H]2OCC1CC1. The Morgan fingerprint density at radius 3 is 2.68 bits per heavy atom. The van der Waals surface area contributed by atoms with Crippen LogP contribution >= 0.6 is 0 Å². The van der Waals surface area contributed by atoms with E-state index in [4.69, 9.17) is 4.74 Å². The molecule has 1 aromatic carbocycles. The number of likely N-dealkylation sites (tertiary alicyclic amines) is 1. The van der Waals surface area contributed by atoms with Crippen molar-refractivity contribution in [2.24, 2.45) is 11.8 Å². The van der Waals surface area contributed by atoms with Crippen LogP contribution in [0.25, 0.3) is 0 Å². The molecule has 4 heteroatoms. The lowest BCUT2D eigenvalue weighted by Gasteiger charge is -2.27. The Morgan fingerprint density at radius 2 is 1.95 bits per heavy atom. The van der Waals surface area contributed by atoms with Gasteiger partial charge >= 0.3 is 0 Å². The zero-order chi connectivity index (χ0) is 15.1. The fraction of sp³-hybridized carbons (Fsp3) is 0.611. The van der Waals surface area contributed by atoms with Gasteiger partial charge in [0, 0.05) is 19.1 Å². The van der Waals surface area contributed by atoms with E-state index in [2.05, 4.69) is 0 Å². The molecule has 0 unspecified atom stereocenters. The van der Waals surface area contributed by atoms with Crippen LogP contribution < -0.4 is 0 Å². The largest absolute Gasteiger partial charge is 0.375 e. The molecule has 0 radical (unpaired) electrons. The maximum atomic E-state index is 12.9. The second-order valence-electron chi connectivity index (χ2n) is 7.00. The average molecular weight is 303 g/mol. The van der Waals surface area contributed by atoms with E-state index < -0.39 is 0 Å². The maximum absolute atomic E-state index is 12.9. The van der Waals surface area contributed by atoms with Crippen molar-refractivity contribution in [2.75, 3.05) is 13.2 Å². The molecule has 0 spiro atoms. The second kappa shape index (κ2) is 5.65. The van der Waals surface area contributed by atoms with Gasteiger partial charge < -0.3 is 9.64 Å². The fourth-order valence-electron chi connectivity index (χ4n) is 3.89. The molecule has 2 saturated carbocycles. The minimum Gasteiger partial charge on any atom is -0.375 e. The number of hydrogen-bond donors (Lipinski definition) is 0. The van der Waals surface area contributed by atoms with Gasteiger partial charge in [0.15, 0.2) is 0 Å². The summed E-state index contributed by atoms with van der Waals surface area (Å²) < 4.78 is 19.1. The van der Waals surface area contributed by atoms with Crippen LogP contribution in [-0.4, -0.2) is 36.1 Å². The number of rotatable bonds is 5. The molecule has 2 bridgehead atoms. The normalized spacial score (nSPS) is 30.0. The number of amides is 1. The number of halogens is 1. The predicted octanol–water partition coefficient (Wildman–Crippen LogP) is 2.78. The molecule has 1 aliphatic heterocycles. The zero-order valence-corrected chi connectivity index (χ0v) is 12.7. The Hall–Kier alpha value is -1.42. The summed E-state index contributed by atoms with van der Waals surface area (Å²) in [7, 11) is 0. The lowest BCUT2D eigenvalue weighted by atomic mass is 10.1. The van der Waals surface area contributed by atoms with Crippen LogP contribution in [0.3, 0.4) is 0 Å². The number of hydrogen-bond acceptors (Lipinski definition) is 2. The van der Waals surface area contributed by atoms with Gasteiger partial charge in [-0.05, 0) is 49.3 Å². The van der Waals surface area contributed by atoms with Gasteiger partial charge in [-0.3, -0.25) is 4.79 Å². The fourth-order valence-corrected chi connectivity index (χ4v) is 3.89. The topological polar surface area (TPSA) is 29.5 Å². The molecule has 1 heterocycles. The standard InChI is InChI=1S/C18H22FNO2/c19-15-6-3-12(4-7-15)9-17(21)20-10-14-5-8-16(20)18(14)22-11-13-1-2-13/h3-4,6-7,13-14,16,18H,1-2,5,8-11H2/t14-,16+,18+/m1/s1. The van der Waals surface area contributed by atoms with E-state index in [-0.39, 0.29) is 23.9 Å². The Balaban J connectivity index is 1.38. The van der Waals surface area contributed by atoms with E-state index in [9.17, 15) is 9.18 Å². The summed E-state index contributed by atoms with van der Waals surface area (Å²) in [6, 6.07) is 6.49. The van der Waals surface area contributed by atoms with Gasteiger partial charge in [-0.1, -0.05) is 12.1 Å². The van der Waals surface area contributed by atoms with Crippen molar-refractivity contribution < 1.29 is 13.9 Å². The summed E-state index contributed by atoms with van der Waals surface area (Å²) in [5.41, 5.74) is 0.879. The number of fused-ring (bicyclic) bond motifs is 2. The average Bonchev–Trinajstić information content (AvgIpc) is 3.20. The number of carbonyl (C=O) groups is 1. The molecule has 1 amide bonds. The molecule has 0 N–H and O–H groups in total. The summed E-state index contributed by atoms with van der Waals surface area (Å²) in [6.45, 7) is 1.71. The van der Waals surface area contributed by atoms with Crippen molar-refractivity contribution in [3.8, 4) is 0 Å². The molecule has 3 fully saturated rings. The Morgan fingerprint density at radius 1 is 1.18 bits per heavy atom. The third-order valence-electron chi connectivity index (χ3n) is 5.32. The molecule has 1 saturated heterocycles. The Bertz CT molecular complexity index is 555. The van der Waals surface area contributed by atoms with Crippen molar-refractivity contribution in [3.05, 3.63) is 35.6 Å². The van der Waals surface area contributed by atoms with E-state index in [0.29, 0.717) is 12.3 Å². The highest BCUT2D eigenvalue weighted by Crippen LogP contribution is 2.41. The first-order valence-corrected chi connectivity index (χ1v) is 8.36. The molecular weight excluding hydrogens is 281 g/mol. The number of carbonyl (C=O) groups excluding carboxylic acids is 1. The molecule has 3 aliphatic rings. The van der Waals surface area contributed by atoms with Crippen molar-refractivity contribution in [1.82, 2.24) is 4.90 Å². The van der Waals surface area contributed by atoms with E-state index in [1.54, 1.807) is 12.1 Å². The molecule has 22 heavy (non-hydrogen) atoms. The van der Waals surface area contributed by atoms with Crippen molar-refractivity contribution in [3.63, 3.8) is 0 Å². The number of benzene rings is 1. The van der Waals surface area contributed by atoms with Crippen LogP contribution in [0.5, 0.6) is 0 Å². The molecule has 4 rings (SSSR count). The van der Waals surface area contributed by atoms with Crippen LogP contribution in [0.2, 0.25) is 0 Å². The number of ether oxygens (including phenoxy) is 1. The predicted molar refractivity (Wildman–Crippen MR) is 80.8 cm³/mol. The van der Waals surface area contributed by atoms with Crippen LogP contribution in [0, 0.1) is 17.7 Å². The third-order valence-corrected chi connectivity index (χ3v) is 5.32. The first kappa shape index (κ1) is 14.2. The summed E-state index contributed by atoms with van der Waals surface area (Å²) >= 11 is 0. The van der Waals surface area contributed by atoms with Gasteiger partial charge in [-0.2, -0.15) is 0 Å². The molecular formula is C18H22FNO2. The maximum Gasteiger partial charge on any atom is 0.227 e. The minimum absolute atomic E-state index is 0.152. The summed E-state index contributed by atoms with van der Waals surface area (Å²) in [5, 5.41) is 0. The first-order chi connectivity index (χ1) is 10.7. The lowest BCUT2D eigenvalue weighted by Crippen LogP contribution is -2.40. The van der Waals surface area contributed by atoms with Gasteiger partial charge in [-0.15, -0.1) is 0 Å². The van der Waals surface area contributed by atoms with Crippen LogP contribution in [-0.2, 0) is 16.0 Å². The molecule has 2 aliphatic carbocycles. The van der Waals surface area contributed by atoms with Crippen LogP contribution in [0.15, 0.2) is 24.3 Å². The summed E-state index contributed by atoms with van der Waals surface area (Å²) in [4.78, 5) is 14.6. The van der Waals surface area contributed by atoms with Crippen LogP contribution in [0.4, 0.5) is 4.39 Å². The van der Waals surface area contributed by atoms with Gasteiger partial charge in [0.2, 0.25) is 5.91 Å². The van der Waals surface area contributed by atoms with E-state index in [1.165, 1.54) is 31.4 Å². The highest BCUT2D eigenvalue weighted by Gasteiger charge is 2.49. The van der Waals surface area contributed by atoms with Gasteiger partial charge in [0.1, 0.15) is 5.82 Å². The smallest absolute Gasteiger partial charge is 0.227 e. The molecule has 3 nitrogen and oxygen atoms in total. The van der Waals surface area contributed by atoms with E-state index >= 15 is 0 Å². The van der Waals surface area contributed by atoms with Gasteiger partial charge in [-0.25, -0.2) is 4.39 Å². The number of nitrogens with zero attached hydrogens (tertiary/aromatic N) is 1. The second-order valence-corrected chi connectivity index (χ2v) is 7.00.